The first-order chi connectivity index (χ1) is 37.9. The number of ether oxygens (including phenoxy) is 7. The largest absolute Gasteiger partial charge is 0.479 e. The predicted octanol–water partition coefficient (Wildman–Crippen LogP) is -0.101. The molecule has 0 radical (unpaired) electrons. The fourth-order valence-corrected chi connectivity index (χ4v) is 16.7. The van der Waals surface area contributed by atoms with Crippen LogP contribution in [-0.2, 0) is 47.5 Å². The van der Waals surface area contributed by atoms with Gasteiger partial charge in [0.1, 0.15) is 67.1 Å². The quantitative estimate of drug-likeness (QED) is 0.0415. The summed E-state index contributed by atoms with van der Waals surface area (Å²) in [6.07, 6.45) is -23.7. The van der Waals surface area contributed by atoms with Crippen molar-refractivity contribution in [2.24, 2.45) is 56.2 Å². The van der Waals surface area contributed by atoms with E-state index in [0.717, 1.165) is 5.57 Å². The maximum atomic E-state index is 13.9. The average Bonchev–Trinajstić information content (AvgIpc) is 1.99. The van der Waals surface area contributed by atoms with E-state index in [4.69, 9.17) is 33.2 Å². The lowest BCUT2D eigenvalue weighted by molar-refractivity contribution is -0.387. The topological polar surface area (TPSA) is 379 Å². The number of fused-ring (bicyclic) bond motifs is 7. The minimum Gasteiger partial charge on any atom is -0.479 e. The smallest absolute Gasteiger partial charge is 0.335 e. The third-order valence-corrected chi connectivity index (χ3v) is 22.1. The Balaban J connectivity index is 1.15. The number of Topliss-reactive ketones (excluding diaryl/α,β-unsaturated/α-hetero) is 1. The zero-order valence-electron chi connectivity index (χ0n) is 48.1. The van der Waals surface area contributed by atoms with Gasteiger partial charge >= 0.3 is 11.9 Å². The first-order valence-corrected chi connectivity index (χ1v) is 28.6. The third kappa shape index (κ3) is 10.0. The highest BCUT2D eigenvalue weighted by molar-refractivity contribution is 5.95. The summed E-state index contributed by atoms with van der Waals surface area (Å²) in [5, 5.41) is 146. The molecule has 8 aliphatic rings. The summed E-state index contributed by atoms with van der Waals surface area (Å²) in [6.45, 7) is 16.1. The maximum Gasteiger partial charge on any atom is 0.335 e. The van der Waals surface area contributed by atoms with Crippen molar-refractivity contribution in [3.63, 3.8) is 0 Å². The molecule has 5 aliphatic carbocycles. The van der Waals surface area contributed by atoms with E-state index in [9.17, 15) is 80.8 Å². The van der Waals surface area contributed by atoms with Gasteiger partial charge in [0.05, 0.1) is 50.2 Å². The molecule has 7 fully saturated rings. The average molecular weight is 1160 g/mol. The van der Waals surface area contributed by atoms with Crippen molar-refractivity contribution in [3.05, 3.63) is 34.9 Å². The Hall–Kier alpha value is -2.89. The summed E-state index contributed by atoms with van der Waals surface area (Å²) < 4.78 is 42.8. The summed E-state index contributed by atoms with van der Waals surface area (Å²) in [4.78, 5) is 40.6. The van der Waals surface area contributed by atoms with Crippen molar-refractivity contribution >= 4 is 17.7 Å². The molecular formula is C58H90O23. The molecule has 0 bridgehead atoms. The first-order valence-electron chi connectivity index (χ1n) is 28.6. The van der Waals surface area contributed by atoms with Crippen LogP contribution in [0.15, 0.2) is 34.9 Å². The molecule has 27 atom stereocenters. The van der Waals surface area contributed by atoms with Gasteiger partial charge in [-0.25, -0.2) is 9.59 Å². The van der Waals surface area contributed by atoms with Crippen LogP contribution in [0.3, 0.4) is 0 Å². The lowest BCUT2D eigenvalue weighted by Gasteiger charge is -2.73. The van der Waals surface area contributed by atoms with Crippen molar-refractivity contribution in [1.29, 1.82) is 0 Å². The number of rotatable bonds is 16. The number of aliphatic carboxylic acids is 1. The molecule has 3 aliphatic heterocycles. The molecule has 8 unspecified atom stereocenters. The molecular weight excluding hydrogens is 1060 g/mol. The Bertz CT molecular complexity index is 2410. The lowest BCUT2D eigenvalue weighted by Crippen LogP contribution is -2.75. The van der Waals surface area contributed by atoms with Crippen LogP contribution >= 0.6 is 0 Å². The molecule has 23 nitrogen and oxygen atoms in total. The van der Waals surface area contributed by atoms with Gasteiger partial charge < -0.3 is 99.5 Å². The molecule has 0 aromatic heterocycles. The Morgan fingerprint density at radius 2 is 1.25 bits per heavy atom. The first kappa shape index (κ1) is 64.1. The molecule has 0 amide bonds. The molecule has 0 spiro atoms. The Morgan fingerprint density at radius 1 is 0.667 bits per heavy atom. The monoisotopic (exact) mass is 1150 g/mol. The highest BCUT2D eigenvalue weighted by atomic mass is 16.8. The Labute approximate surface area is 472 Å². The van der Waals surface area contributed by atoms with Crippen LogP contribution in [0.5, 0.6) is 0 Å². The van der Waals surface area contributed by atoms with Gasteiger partial charge in [0, 0.05) is 28.7 Å². The fourth-order valence-electron chi connectivity index (χ4n) is 16.7. The highest BCUT2D eigenvalue weighted by Crippen LogP contribution is 2.76. The van der Waals surface area contributed by atoms with Gasteiger partial charge in [0.25, 0.3) is 0 Å². The van der Waals surface area contributed by atoms with E-state index >= 15 is 0 Å². The lowest BCUT2D eigenvalue weighted by atomic mass is 9.32. The predicted molar refractivity (Wildman–Crippen MR) is 281 cm³/mol. The second kappa shape index (κ2) is 23.4. The second-order valence-corrected chi connectivity index (χ2v) is 26.3. The molecule has 81 heavy (non-hydrogen) atoms. The number of hydrogen-bond donors (Lipinski definition) is 13. The molecule has 13 N–H and O–H groups in total. The van der Waals surface area contributed by atoms with E-state index in [1.807, 2.05) is 27.7 Å². The highest BCUT2D eigenvalue weighted by Gasteiger charge is 2.76. The fraction of sp³-hybridized carbons (Fsp3) is 0.845. The van der Waals surface area contributed by atoms with E-state index in [1.165, 1.54) is 0 Å². The number of esters is 1. The van der Waals surface area contributed by atoms with E-state index in [-0.39, 0.29) is 30.5 Å². The molecule has 460 valence electrons. The van der Waals surface area contributed by atoms with Gasteiger partial charge in [0.15, 0.2) is 30.8 Å². The van der Waals surface area contributed by atoms with Crippen molar-refractivity contribution in [2.45, 2.75) is 225 Å². The molecule has 0 aromatic carbocycles. The number of allylic oxidation sites excluding steroid dienone is 4. The van der Waals surface area contributed by atoms with Gasteiger partial charge in [-0.1, -0.05) is 65.3 Å². The minimum absolute atomic E-state index is 0.0386. The van der Waals surface area contributed by atoms with Crippen molar-refractivity contribution in [2.75, 3.05) is 26.4 Å². The number of carbonyl (C=O) groups excluding carboxylic acids is 2. The normalized spacial score (nSPS) is 49.8. The SMILES string of the molecule is CC=C(C)C(=O)C[C@H]1[C@H](OC(=O)C(C)=CC)[C@@]2(CO)C(CC1(C)C)C1=CCC3[C@@]4(C)CC[C@H](O[C@@H]5OC(C(=O)O)[C@@H](O)[C@@H](O[C@@H]6O[C@@H](CO)C(O)[C@@H]6O)C5O[C@@H]5OC(CO)[C@@H](O)[C@@H](O)C5O)[C@](C)(CO)C4CC[C@@]3(C)[C@]1(C)[C@@H](O)[C@H]2O. The van der Waals surface area contributed by atoms with E-state index in [2.05, 4.69) is 19.9 Å². The number of carbonyl (C=O) groups is 3. The zero-order chi connectivity index (χ0) is 60.0. The van der Waals surface area contributed by atoms with Crippen LogP contribution in [0.4, 0.5) is 0 Å². The number of carboxylic acids is 1. The van der Waals surface area contributed by atoms with Crippen LogP contribution in [0.2, 0.25) is 0 Å². The summed E-state index contributed by atoms with van der Waals surface area (Å²) >= 11 is 0. The standard InChI is InChI=1S/C58H90O23/c1-11-25(3)30(63)19-28-47(81-49(74)26(4)12-2)58(24-62)29(20-53(28,5)6)27-13-14-34-54(7)17-16-35(55(8,23-61)33(54)15-18-56(34,9)57(27,10)45(70)46(58)71)77-52-44(80-51-40(68)38(66)36(64)31(21-59)75-51)42(41(69)43(79-52)48(72)73)78-50-39(67)37(65)32(22-60)76-50/h11-13,28-29,31-47,50-52,59-62,64-71H,14-24H2,1-10H3,(H,72,73)/t28-,29?,31?,32-,33?,34?,35-,36+,37?,38+,39-,40?,41-,42+,43?,44?,45-,46+,47-,50-,51-,52+,54-,55+,56+,57-,58-/m0/s1. The van der Waals surface area contributed by atoms with Crippen LogP contribution in [0.1, 0.15) is 114 Å². The van der Waals surface area contributed by atoms with Crippen LogP contribution in [0.25, 0.3) is 0 Å². The maximum absolute atomic E-state index is 13.9. The van der Waals surface area contributed by atoms with Crippen LogP contribution in [0, 0.1) is 56.2 Å². The summed E-state index contributed by atoms with van der Waals surface area (Å²) in [5.41, 5.74) is -4.47. The molecule has 23 heteroatoms. The molecule has 8 rings (SSSR count). The number of carboxylic acid groups (broad SMARTS) is 1. The number of aliphatic hydroxyl groups is 12. The second-order valence-electron chi connectivity index (χ2n) is 26.3. The van der Waals surface area contributed by atoms with Crippen molar-refractivity contribution in [1.82, 2.24) is 0 Å². The van der Waals surface area contributed by atoms with Gasteiger partial charge in [-0.15, -0.1) is 0 Å². The summed E-state index contributed by atoms with van der Waals surface area (Å²) in [5.74, 6) is -4.45. The number of hydrogen-bond acceptors (Lipinski definition) is 22. The van der Waals surface area contributed by atoms with Gasteiger partial charge in [-0.2, -0.15) is 0 Å². The molecule has 0 aromatic rings. The molecule has 3 heterocycles. The van der Waals surface area contributed by atoms with Crippen LogP contribution < -0.4 is 0 Å². The summed E-state index contributed by atoms with van der Waals surface area (Å²) in [7, 11) is 0. The third-order valence-electron chi connectivity index (χ3n) is 22.1. The molecule has 3 saturated heterocycles. The summed E-state index contributed by atoms with van der Waals surface area (Å²) in [6, 6.07) is 0. The van der Waals surface area contributed by atoms with Crippen molar-refractivity contribution < 1.29 is 114 Å². The van der Waals surface area contributed by atoms with E-state index < -0.39 is 193 Å². The van der Waals surface area contributed by atoms with Gasteiger partial charge in [0.2, 0.25) is 0 Å². The zero-order valence-corrected chi connectivity index (χ0v) is 48.1. The van der Waals surface area contributed by atoms with E-state index in [1.54, 1.807) is 39.8 Å². The van der Waals surface area contributed by atoms with Crippen molar-refractivity contribution in [3.8, 4) is 0 Å². The van der Waals surface area contributed by atoms with Crippen LogP contribution in [-0.4, -0.2) is 221 Å². The van der Waals surface area contributed by atoms with E-state index in [0.29, 0.717) is 43.3 Å². The van der Waals surface area contributed by atoms with Gasteiger partial charge in [-0.3, -0.25) is 4.79 Å². The number of aliphatic hydroxyl groups excluding tert-OH is 12. The van der Waals surface area contributed by atoms with Gasteiger partial charge in [-0.05, 0) is 106 Å². The Morgan fingerprint density at radius 3 is 1.80 bits per heavy atom. The number of ketones is 1. The molecule has 4 saturated carbocycles. The Kier molecular flexibility index (Phi) is 18.5. The minimum atomic E-state index is -2.17.